The van der Waals surface area contributed by atoms with Crippen LogP contribution in [0.2, 0.25) is 0 Å². The Morgan fingerprint density at radius 2 is 0.585 bits per heavy atom. The summed E-state index contributed by atoms with van der Waals surface area (Å²) in [5.74, 6) is 2.89. The summed E-state index contributed by atoms with van der Waals surface area (Å²) in [6.07, 6.45) is 0. The Balaban J connectivity index is 0.980. The first-order valence-corrected chi connectivity index (χ1v) is 27.8. The Morgan fingerprint density at radius 1 is 0.244 bits per heavy atom. The molecular weight excluding hydrogens is 1000 g/mol. The smallest absolute Gasteiger partial charge is 0.436 e. The minimum atomic E-state index is -0.609. The molecule has 10 heteroatoms. The van der Waals surface area contributed by atoms with E-state index in [1.807, 2.05) is 0 Å². The zero-order chi connectivity index (χ0) is 54.1. The molecule has 0 radical (unpaired) electrons. The highest BCUT2D eigenvalue weighted by atomic mass is 16.5. The van der Waals surface area contributed by atoms with Crippen LogP contribution in [0.5, 0.6) is 23.0 Å². The van der Waals surface area contributed by atoms with Crippen LogP contribution in [0.15, 0.2) is 297 Å². The molecule has 4 aliphatic rings. The first-order chi connectivity index (χ1) is 40.7. The van der Waals surface area contributed by atoms with E-state index in [4.69, 9.17) is 14.0 Å². The van der Waals surface area contributed by atoms with Crippen LogP contribution in [0.1, 0.15) is 0 Å². The number of hydrogen-bond acceptors (Lipinski definition) is 8. The Labute approximate surface area is 477 Å². The van der Waals surface area contributed by atoms with Gasteiger partial charge in [0, 0.05) is 85.4 Å². The molecule has 0 unspecified atom stereocenters. The lowest BCUT2D eigenvalue weighted by Crippen LogP contribution is -2.58. The summed E-state index contributed by atoms with van der Waals surface area (Å²) in [6, 6.07) is 105. The van der Waals surface area contributed by atoms with Crippen molar-refractivity contribution in [3.63, 3.8) is 0 Å². The van der Waals surface area contributed by atoms with Gasteiger partial charge in [-0.3, -0.25) is 0 Å². The molecule has 0 bridgehead atoms. The number of rotatable bonds is 9. The fourth-order valence-electron chi connectivity index (χ4n) is 12.5. The van der Waals surface area contributed by atoms with E-state index in [2.05, 4.69) is 322 Å². The van der Waals surface area contributed by atoms with Gasteiger partial charge < -0.3 is 38.5 Å². The van der Waals surface area contributed by atoms with E-state index in [0.717, 1.165) is 119 Å². The van der Waals surface area contributed by atoms with Gasteiger partial charge in [-0.25, -0.2) is 0 Å². The lowest BCUT2D eigenvalue weighted by molar-refractivity contribution is 0.481. The summed E-state index contributed by atoms with van der Waals surface area (Å²) in [5, 5.41) is 0. The number of benzene rings is 12. The molecule has 12 aromatic carbocycles. The molecule has 4 heterocycles. The van der Waals surface area contributed by atoms with Gasteiger partial charge in [-0.1, -0.05) is 158 Å². The second kappa shape index (κ2) is 19.5. The van der Waals surface area contributed by atoms with Gasteiger partial charge in [0.05, 0.1) is 28.4 Å². The van der Waals surface area contributed by atoms with E-state index in [9.17, 15) is 0 Å². The highest BCUT2D eigenvalue weighted by Gasteiger charge is 2.48. The lowest BCUT2D eigenvalue weighted by atomic mass is 9.47. The fourth-order valence-corrected chi connectivity index (χ4v) is 12.5. The first-order valence-electron chi connectivity index (χ1n) is 27.8. The molecule has 82 heavy (non-hydrogen) atoms. The summed E-state index contributed by atoms with van der Waals surface area (Å²) in [6.45, 7) is -1.20. The Hall–Kier alpha value is -10.8. The van der Waals surface area contributed by atoms with E-state index < -0.39 is 13.8 Å². The average molecular weight is 1050 g/mol. The third-order valence-corrected chi connectivity index (χ3v) is 16.0. The Bertz CT molecular complexity index is 4280. The molecule has 0 aliphatic carbocycles. The predicted octanol–water partition coefficient (Wildman–Crippen LogP) is 16.5. The van der Waals surface area contributed by atoms with Gasteiger partial charge in [0.25, 0.3) is 0 Å². The van der Waals surface area contributed by atoms with Gasteiger partial charge >= 0.3 is 13.8 Å². The van der Waals surface area contributed by atoms with Crippen molar-refractivity contribution in [1.82, 2.24) is 0 Å². The highest BCUT2D eigenvalue weighted by Crippen LogP contribution is 2.52. The summed E-state index contributed by atoms with van der Waals surface area (Å²) >= 11 is 0. The molecule has 0 saturated heterocycles. The molecule has 0 saturated carbocycles. The zero-order valence-corrected chi connectivity index (χ0v) is 44.4. The van der Waals surface area contributed by atoms with Crippen LogP contribution in [0.4, 0.5) is 85.3 Å². The largest absolute Gasteiger partial charge is 0.550 e. The molecule has 0 amide bonds. The maximum atomic E-state index is 7.67. The number of para-hydroxylation sites is 11. The molecule has 0 spiro atoms. The van der Waals surface area contributed by atoms with E-state index in [1.54, 1.807) is 0 Å². The normalized spacial score (nSPS) is 13.0. The minimum Gasteiger partial charge on any atom is -0.550 e. The maximum absolute atomic E-state index is 7.67. The van der Waals surface area contributed by atoms with E-state index in [-0.39, 0.29) is 0 Å². The summed E-state index contributed by atoms with van der Waals surface area (Å²) < 4.78 is 22.8. The highest BCUT2D eigenvalue weighted by molar-refractivity contribution is 6.88. The van der Waals surface area contributed by atoms with E-state index >= 15 is 0 Å². The monoisotopic (exact) mass is 1050 g/mol. The molecule has 4 aliphatic heterocycles. The second-order valence-electron chi connectivity index (χ2n) is 20.8. The molecule has 8 nitrogen and oxygen atoms in total. The predicted molar refractivity (Wildman–Crippen MR) is 338 cm³/mol. The van der Waals surface area contributed by atoms with Crippen LogP contribution in [0.3, 0.4) is 0 Å². The zero-order valence-electron chi connectivity index (χ0n) is 44.4. The number of hydrogen-bond donors (Lipinski definition) is 0. The standard InChI is InChI=1S/C72H49B2N5O3/c1-8-26-50(27-9-1)75(51-28-10-2-11-29-51)57-44-64-71-65(45-57)79(56-38-20-7-21-39-56)63-49-69-60(48-59(63)73(71)81-67-42-24-22-40-61(67)77(64)54-34-16-5-17-35-54)74-72-66(78(55-36-18-6-19-37-55)62-41-23-25-43-68(62)82-74)46-58(47-70(72)80-69)76(52-30-12-3-13-31-52)53-32-14-4-15-33-53/h1-49H. The summed E-state index contributed by atoms with van der Waals surface area (Å²) in [5.41, 5.74) is 18.5. The molecule has 0 aromatic heterocycles. The van der Waals surface area contributed by atoms with Crippen molar-refractivity contribution in [1.29, 1.82) is 0 Å². The average Bonchev–Trinajstić information content (AvgIpc) is 2.38. The SMILES string of the molecule is c1ccc(N(c2ccccc2)c2cc3c4c(c2)N(c2ccccc2)c2ccccc2OB4c2cc4c(cc2O3)N(c2ccccc2)c2cc(N(c3ccccc3)c3ccccc3)cc3c2B4Oc2ccccc2N3c2ccccc2)cc1. The Morgan fingerprint density at radius 3 is 1.01 bits per heavy atom. The van der Waals surface area contributed by atoms with E-state index in [0.29, 0.717) is 11.5 Å². The van der Waals surface area contributed by atoms with Crippen molar-refractivity contribution in [2.24, 2.45) is 0 Å². The lowest BCUT2D eigenvalue weighted by Gasteiger charge is -2.40. The maximum Gasteiger partial charge on any atom is 0.436 e. The van der Waals surface area contributed by atoms with Crippen molar-refractivity contribution < 1.29 is 14.0 Å². The molecule has 0 N–H and O–H groups in total. The van der Waals surface area contributed by atoms with Gasteiger partial charge in [-0.05, 0) is 133 Å². The molecule has 386 valence electrons. The number of nitrogens with zero attached hydrogens (tertiary/aromatic N) is 5. The topological polar surface area (TPSA) is 43.9 Å². The summed E-state index contributed by atoms with van der Waals surface area (Å²) in [4.78, 5) is 11.8. The van der Waals surface area contributed by atoms with Crippen molar-refractivity contribution in [3.05, 3.63) is 297 Å². The van der Waals surface area contributed by atoms with Gasteiger partial charge in [-0.2, -0.15) is 0 Å². The van der Waals surface area contributed by atoms with E-state index in [1.165, 1.54) is 0 Å². The van der Waals surface area contributed by atoms with Crippen molar-refractivity contribution in [2.45, 2.75) is 0 Å². The number of anilines is 15. The van der Waals surface area contributed by atoms with Crippen LogP contribution >= 0.6 is 0 Å². The van der Waals surface area contributed by atoms with Crippen LogP contribution in [-0.4, -0.2) is 13.8 Å². The molecule has 0 fully saturated rings. The van der Waals surface area contributed by atoms with Gasteiger partial charge in [0.15, 0.2) is 0 Å². The molecule has 16 rings (SSSR count). The fraction of sp³-hybridized carbons (Fsp3) is 0. The van der Waals surface area contributed by atoms with Crippen LogP contribution in [-0.2, 0) is 0 Å². The van der Waals surface area contributed by atoms with Gasteiger partial charge in [0.1, 0.15) is 23.0 Å². The minimum absolute atomic E-state index is 0.594. The number of fused-ring (bicyclic) bond motifs is 6. The molecule has 0 atom stereocenters. The van der Waals surface area contributed by atoms with Crippen molar-refractivity contribution >= 4 is 121 Å². The third kappa shape index (κ3) is 7.79. The van der Waals surface area contributed by atoms with Gasteiger partial charge in [-0.15, -0.1) is 0 Å². The van der Waals surface area contributed by atoms with Crippen LogP contribution in [0, 0.1) is 0 Å². The summed E-state index contributed by atoms with van der Waals surface area (Å²) in [7, 11) is 0. The molecular formula is C72H49B2N5O3. The van der Waals surface area contributed by atoms with Crippen molar-refractivity contribution in [2.75, 3.05) is 24.5 Å². The molecule has 12 aromatic rings. The quantitative estimate of drug-likeness (QED) is 0.133. The number of ether oxygens (including phenoxy) is 1. The first kappa shape index (κ1) is 47.2. The van der Waals surface area contributed by atoms with Crippen LogP contribution < -0.4 is 60.4 Å². The van der Waals surface area contributed by atoms with Gasteiger partial charge in [0.2, 0.25) is 0 Å². The van der Waals surface area contributed by atoms with Crippen molar-refractivity contribution in [3.8, 4) is 23.0 Å². The Kier molecular flexibility index (Phi) is 11.2. The van der Waals surface area contributed by atoms with Crippen LogP contribution in [0.25, 0.3) is 0 Å². The second-order valence-corrected chi connectivity index (χ2v) is 20.8. The third-order valence-electron chi connectivity index (χ3n) is 16.0.